The van der Waals surface area contributed by atoms with Crippen molar-refractivity contribution in [2.24, 2.45) is 0 Å². The third kappa shape index (κ3) is 3.83. The summed E-state index contributed by atoms with van der Waals surface area (Å²) in [5.41, 5.74) is 2.89. The van der Waals surface area contributed by atoms with Gasteiger partial charge in [0.05, 0.1) is 28.4 Å². The number of carbonyl (C=O) groups excluding carboxylic acids is 1. The first-order valence-corrected chi connectivity index (χ1v) is 10.4. The summed E-state index contributed by atoms with van der Waals surface area (Å²) in [5, 5.41) is 11.6. The Morgan fingerprint density at radius 1 is 1.30 bits per heavy atom. The van der Waals surface area contributed by atoms with E-state index in [1.807, 2.05) is 25.5 Å². The first-order valence-electron chi connectivity index (χ1n) is 9.44. The van der Waals surface area contributed by atoms with E-state index in [1.54, 1.807) is 42.5 Å². The number of rotatable bonds is 6. The molecule has 154 valence electrons. The number of nitrogens with zero attached hydrogens (tertiary/aromatic N) is 3. The van der Waals surface area contributed by atoms with E-state index in [0.29, 0.717) is 34.4 Å². The molecule has 4 rings (SSSR count). The zero-order chi connectivity index (χ0) is 21.3. The summed E-state index contributed by atoms with van der Waals surface area (Å²) >= 11 is 1.62. The van der Waals surface area contributed by atoms with Gasteiger partial charge in [0, 0.05) is 12.1 Å². The van der Waals surface area contributed by atoms with Crippen LogP contribution in [0.4, 0.5) is 4.39 Å². The van der Waals surface area contributed by atoms with Crippen LogP contribution in [0, 0.1) is 12.7 Å². The van der Waals surface area contributed by atoms with E-state index >= 15 is 0 Å². The third-order valence-corrected chi connectivity index (χ3v) is 5.72. The van der Waals surface area contributed by atoms with Gasteiger partial charge in [-0.05, 0) is 61.6 Å². The fraction of sp³-hybridized carbons (Fsp3) is 0.227. The topological polar surface area (TPSA) is 71.3 Å². The number of amides is 1. The minimum absolute atomic E-state index is 0.0344. The van der Waals surface area contributed by atoms with Crippen LogP contribution in [0.15, 0.2) is 51.7 Å². The van der Waals surface area contributed by atoms with Gasteiger partial charge in [-0.1, -0.05) is 17.3 Å². The number of fused-ring (bicyclic) bond motifs is 1. The number of carbonyl (C=O) groups is 1. The van der Waals surface area contributed by atoms with Crippen molar-refractivity contribution in [3.8, 4) is 11.3 Å². The zero-order valence-corrected chi connectivity index (χ0v) is 17.7. The third-order valence-electron chi connectivity index (χ3n) is 5.02. The Balaban J connectivity index is 1.69. The van der Waals surface area contributed by atoms with Crippen molar-refractivity contribution in [1.29, 1.82) is 0 Å². The van der Waals surface area contributed by atoms with Gasteiger partial charge < -0.3 is 14.7 Å². The summed E-state index contributed by atoms with van der Waals surface area (Å²) < 4.78 is 19.6. The molecule has 0 saturated carbocycles. The lowest BCUT2D eigenvalue weighted by atomic mass is 10.0. The van der Waals surface area contributed by atoms with E-state index in [2.05, 4.69) is 25.7 Å². The van der Waals surface area contributed by atoms with Crippen molar-refractivity contribution in [3.05, 3.63) is 69.8 Å². The molecule has 0 spiro atoms. The highest BCUT2D eigenvalue weighted by molar-refractivity contribution is 7.08. The van der Waals surface area contributed by atoms with E-state index < -0.39 is 5.82 Å². The Kier molecular flexibility index (Phi) is 5.61. The molecule has 0 bridgehead atoms. The normalized spacial score (nSPS) is 12.4. The zero-order valence-electron chi connectivity index (χ0n) is 16.8. The molecule has 30 heavy (non-hydrogen) atoms. The minimum atomic E-state index is -0.419. The van der Waals surface area contributed by atoms with Gasteiger partial charge in [-0.25, -0.2) is 9.37 Å². The number of aryl methyl sites for hydroxylation is 1. The number of hydrogen-bond donors (Lipinski definition) is 1. The van der Waals surface area contributed by atoms with Crippen LogP contribution in [-0.4, -0.2) is 41.6 Å². The van der Waals surface area contributed by atoms with Crippen molar-refractivity contribution in [2.45, 2.75) is 13.0 Å². The second-order valence-corrected chi connectivity index (χ2v) is 8.01. The SMILES string of the molecule is Cc1noc2nc(-c3ccccc3F)cc(C(=O)NC[C@H](c3ccsc3)N(C)C)c12. The highest BCUT2D eigenvalue weighted by Gasteiger charge is 2.22. The number of aromatic nitrogens is 2. The second kappa shape index (κ2) is 8.33. The molecule has 6 nitrogen and oxygen atoms in total. The number of hydrogen-bond acceptors (Lipinski definition) is 6. The van der Waals surface area contributed by atoms with E-state index in [1.165, 1.54) is 6.07 Å². The van der Waals surface area contributed by atoms with Crippen molar-refractivity contribution in [3.63, 3.8) is 0 Å². The van der Waals surface area contributed by atoms with E-state index in [0.717, 1.165) is 5.56 Å². The van der Waals surface area contributed by atoms with Gasteiger partial charge in [0.1, 0.15) is 5.82 Å². The standard InChI is InChI=1S/C22H21FN4O2S/c1-13-20-16(21(28)24-11-19(27(2)3)14-8-9-30-12-14)10-18(25-22(20)29-26-13)15-6-4-5-7-17(15)23/h4-10,12,19H,11H2,1-3H3,(H,24,28)/t19-/m1/s1. The van der Waals surface area contributed by atoms with E-state index in [-0.39, 0.29) is 17.7 Å². The molecule has 3 aromatic heterocycles. The average Bonchev–Trinajstić information content (AvgIpc) is 3.38. The largest absolute Gasteiger partial charge is 0.350 e. The predicted octanol–water partition coefficient (Wildman–Crippen LogP) is 4.43. The highest BCUT2D eigenvalue weighted by atomic mass is 32.1. The summed E-state index contributed by atoms with van der Waals surface area (Å²) in [6.45, 7) is 2.17. The molecular weight excluding hydrogens is 403 g/mol. The molecule has 4 aromatic rings. The Morgan fingerprint density at radius 3 is 2.80 bits per heavy atom. The van der Waals surface area contributed by atoms with Gasteiger partial charge in [0.25, 0.3) is 11.6 Å². The number of likely N-dealkylation sites (N-methyl/N-ethyl adjacent to an activating group) is 1. The summed E-state index contributed by atoms with van der Waals surface area (Å²) in [5.74, 6) is -0.703. The van der Waals surface area contributed by atoms with Crippen LogP contribution in [-0.2, 0) is 0 Å². The van der Waals surface area contributed by atoms with Gasteiger partial charge in [0.2, 0.25) is 0 Å². The number of thiophene rings is 1. The fourth-order valence-electron chi connectivity index (χ4n) is 3.43. The Bertz CT molecular complexity index is 1190. The first-order chi connectivity index (χ1) is 14.5. The van der Waals surface area contributed by atoms with Gasteiger partial charge in [-0.2, -0.15) is 11.3 Å². The molecule has 0 aliphatic heterocycles. The number of halogens is 1. The number of nitrogens with one attached hydrogen (secondary N) is 1. The molecule has 0 unspecified atom stereocenters. The molecule has 1 amide bonds. The van der Waals surface area contributed by atoms with Crippen LogP contribution in [0.1, 0.15) is 27.7 Å². The van der Waals surface area contributed by atoms with Crippen LogP contribution < -0.4 is 5.32 Å². The van der Waals surface area contributed by atoms with Crippen LogP contribution >= 0.6 is 11.3 Å². The van der Waals surface area contributed by atoms with Gasteiger partial charge >= 0.3 is 0 Å². The predicted molar refractivity (Wildman–Crippen MR) is 115 cm³/mol. The van der Waals surface area contributed by atoms with Crippen LogP contribution in [0.3, 0.4) is 0 Å². The summed E-state index contributed by atoms with van der Waals surface area (Å²) in [6, 6.07) is 9.98. The van der Waals surface area contributed by atoms with Crippen molar-refractivity contribution in [1.82, 2.24) is 20.4 Å². The number of pyridine rings is 1. The Morgan fingerprint density at radius 2 is 2.10 bits per heavy atom. The molecular formula is C22H21FN4O2S. The number of benzene rings is 1. The molecule has 0 saturated heterocycles. The van der Waals surface area contributed by atoms with Crippen LogP contribution in [0.5, 0.6) is 0 Å². The smallest absolute Gasteiger partial charge is 0.259 e. The first kappa shape index (κ1) is 20.2. The molecule has 1 N–H and O–H groups in total. The molecule has 3 heterocycles. The quantitative estimate of drug-likeness (QED) is 0.496. The van der Waals surface area contributed by atoms with E-state index in [9.17, 15) is 9.18 Å². The monoisotopic (exact) mass is 424 g/mol. The molecule has 0 aliphatic rings. The molecule has 1 atom stereocenters. The summed E-state index contributed by atoms with van der Waals surface area (Å²) in [7, 11) is 3.94. The van der Waals surface area contributed by atoms with Crippen LogP contribution in [0.2, 0.25) is 0 Å². The van der Waals surface area contributed by atoms with Crippen molar-refractivity contribution in [2.75, 3.05) is 20.6 Å². The molecule has 1 aromatic carbocycles. The van der Waals surface area contributed by atoms with Gasteiger partial charge in [0.15, 0.2) is 0 Å². The maximum Gasteiger partial charge on any atom is 0.259 e. The lowest BCUT2D eigenvalue weighted by molar-refractivity contribution is 0.0943. The molecule has 0 radical (unpaired) electrons. The Labute approximate surface area is 177 Å². The van der Waals surface area contributed by atoms with E-state index in [4.69, 9.17) is 4.52 Å². The fourth-order valence-corrected chi connectivity index (χ4v) is 4.14. The van der Waals surface area contributed by atoms with Crippen molar-refractivity contribution >= 4 is 28.3 Å². The maximum atomic E-state index is 14.3. The summed E-state index contributed by atoms with van der Waals surface area (Å²) in [4.78, 5) is 19.6. The highest BCUT2D eigenvalue weighted by Crippen LogP contribution is 2.28. The average molecular weight is 425 g/mol. The minimum Gasteiger partial charge on any atom is -0.350 e. The van der Waals surface area contributed by atoms with Crippen LogP contribution in [0.25, 0.3) is 22.4 Å². The second-order valence-electron chi connectivity index (χ2n) is 7.23. The lowest BCUT2D eigenvalue weighted by Gasteiger charge is -2.24. The Hall–Kier alpha value is -3.10. The van der Waals surface area contributed by atoms with Gasteiger partial charge in [-0.3, -0.25) is 4.79 Å². The molecule has 0 aliphatic carbocycles. The maximum absolute atomic E-state index is 14.3. The molecule has 8 heteroatoms. The van der Waals surface area contributed by atoms with Gasteiger partial charge in [-0.15, -0.1) is 0 Å². The van der Waals surface area contributed by atoms with Crippen molar-refractivity contribution < 1.29 is 13.7 Å². The lowest BCUT2D eigenvalue weighted by Crippen LogP contribution is -2.34. The summed E-state index contributed by atoms with van der Waals surface area (Å²) in [6.07, 6.45) is 0. The molecule has 0 fully saturated rings.